The maximum atomic E-state index is 12.6. The molecule has 0 bridgehead atoms. The zero-order valence-corrected chi connectivity index (χ0v) is 14.2. The molecule has 1 aromatic carbocycles. The van der Waals surface area contributed by atoms with E-state index in [9.17, 15) is 10.1 Å². The molecule has 130 valence electrons. The summed E-state index contributed by atoms with van der Waals surface area (Å²) in [5, 5.41) is 15.1. The molecule has 0 aliphatic carbocycles. The van der Waals surface area contributed by atoms with Gasteiger partial charge in [-0.2, -0.15) is 10.4 Å². The van der Waals surface area contributed by atoms with Crippen LogP contribution in [0.2, 0.25) is 0 Å². The van der Waals surface area contributed by atoms with Crippen LogP contribution in [0.3, 0.4) is 0 Å². The van der Waals surface area contributed by atoms with E-state index in [2.05, 4.69) is 26.0 Å². The summed E-state index contributed by atoms with van der Waals surface area (Å²) >= 11 is 0. The first-order valence-corrected chi connectivity index (χ1v) is 8.53. The third-order valence-corrected chi connectivity index (χ3v) is 4.67. The van der Waals surface area contributed by atoms with Crippen LogP contribution >= 0.6 is 0 Å². The largest absolute Gasteiger partial charge is 0.353 e. The fraction of sp³-hybridized carbons (Fsp3) is 0.263. The molecule has 0 radical (unpaired) electrons. The van der Waals surface area contributed by atoms with E-state index < -0.39 is 0 Å². The van der Waals surface area contributed by atoms with Gasteiger partial charge in [0.1, 0.15) is 11.9 Å². The highest BCUT2D eigenvalue weighted by atomic mass is 16.1. The van der Waals surface area contributed by atoms with E-state index in [0.717, 1.165) is 37.4 Å². The maximum Gasteiger partial charge on any atom is 0.275 e. The second-order valence-corrected chi connectivity index (χ2v) is 6.27. The van der Waals surface area contributed by atoms with E-state index in [1.165, 1.54) is 4.68 Å². The van der Waals surface area contributed by atoms with Crippen molar-refractivity contribution in [2.24, 2.45) is 0 Å². The monoisotopic (exact) mass is 346 g/mol. The van der Waals surface area contributed by atoms with Crippen molar-refractivity contribution in [2.45, 2.75) is 6.67 Å². The number of pyridine rings is 1. The van der Waals surface area contributed by atoms with Gasteiger partial charge < -0.3 is 4.90 Å². The van der Waals surface area contributed by atoms with Crippen LogP contribution in [0.25, 0.3) is 10.8 Å². The summed E-state index contributed by atoms with van der Waals surface area (Å²) in [4.78, 5) is 21.2. The van der Waals surface area contributed by atoms with Crippen molar-refractivity contribution in [2.75, 3.05) is 31.1 Å². The number of benzene rings is 1. The Morgan fingerprint density at radius 2 is 1.88 bits per heavy atom. The van der Waals surface area contributed by atoms with Crippen LogP contribution in [0.5, 0.6) is 0 Å². The summed E-state index contributed by atoms with van der Waals surface area (Å²) in [6.45, 7) is 3.54. The second kappa shape index (κ2) is 6.94. The number of piperazine rings is 1. The van der Waals surface area contributed by atoms with Gasteiger partial charge in [0.25, 0.3) is 5.56 Å². The molecule has 4 rings (SSSR count). The molecule has 1 aliphatic heterocycles. The van der Waals surface area contributed by atoms with Gasteiger partial charge in [-0.1, -0.05) is 18.2 Å². The molecule has 7 heteroatoms. The third kappa shape index (κ3) is 3.03. The van der Waals surface area contributed by atoms with Crippen LogP contribution in [-0.2, 0) is 6.67 Å². The Labute approximate surface area is 150 Å². The first-order valence-electron chi connectivity index (χ1n) is 8.53. The summed E-state index contributed by atoms with van der Waals surface area (Å²) < 4.78 is 1.51. The van der Waals surface area contributed by atoms with Gasteiger partial charge in [-0.3, -0.25) is 9.69 Å². The Balaban J connectivity index is 1.47. The molecule has 7 nitrogen and oxygen atoms in total. The van der Waals surface area contributed by atoms with E-state index in [0.29, 0.717) is 17.6 Å². The van der Waals surface area contributed by atoms with Crippen molar-refractivity contribution in [3.8, 4) is 6.07 Å². The summed E-state index contributed by atoms with van der Waals surface area (Å²) in [5.74, 6) is 0.732. The van der Waals surface area contributed by atoms with Crippen molar-refractivity contribution in [3.63, 3.8) is 0 Å². The van der Waals surface area contributed by atoms with Gasteiger partial charge in [-0.25, -0.2) is 9.67 Å². The van der Waals surface area contributed by atoms with E-state index in [1.807, 2.05) is 24.3 Å². The van der Waals surface area contributed by atoms with Crippen LogP contribution in [0.4, 0.5) is 5.82 Å². The Kier molecular flexibility index (Phi) is 4.33. The quantitative estimate of drug-likeness (QED) is 0.714. The molecule has 1 saturated heterocycles. The van der Waals surface area contributed by atoms with E-state index in [-0.39, 0.29) is 5.56 Å². The Morgan fingerprint density at radius 1 is 1.08 bits per heavy atom. The predicted molar refractivity (Wildman–Crippen MR) is 98.7 cm³/mol. The molecule has 26 heavy (non-hydrogen) atoms. The lowest BCUT2D eigenvalue weighted by Crippen LogP contribution is -2.48. The number of aromatic nitrogens is 3. The van der Waals surface area contributed by atoms with E-state index >= 15 is 0 Å². The van der Waals surface area contributed by atoms with Gasteiger partial charge in [0, 0.05) is 37.8 Å². The van der Waals surface area contributed by atoms with E-state index in [1.54, 1.807) is 24.5 Å². The average Bonchev–Trinajstić information content (AvgIpc) is 2.71. The van der Waals surface area contributed by atoms with Crippen molar-refractivity contribution in [3.05, 3.63) is 64.7 Å². The zero-order chi connectivity index (χ0) is 17.9. The lowest BCUT2D eigenvalue weighted by molar-refractivity contribution is 0.191. The molecule has 1 fully saturated rings. The number of hydrogen-bond donors (Lipinski definition) is 0. The molecule has 0 unspecified atom stereocenters. The summed E-state index contributed by atoms with van der Waals surface area (Å²) in [6.07, 6.45) is 3.45. The van der Waals surface area contributed by atoms with Gasteiger partial charge in [0.05, 0.1) is 23.8 Å². The summed E-state index contributed by atoms with van der Waals surface area (Å²) in [6, 6.07) is 13.3. The van der Waals surface area contributed by atoms with Gasteiger partial charge in [0.2, 0.25) is 0 Å². The molecule has 2 aromatic heterocycles. The molecular weight excluding hydrogens is 328 g/mol. The standard InChI is InChI=1S/C19H18N6O/c20-12-15-5-3-7-21-18(15)24-10-8-23(9-11-24)14-25-19(26)17-6-2-1-4-16(17)13-22-25/h1-7,13H,8-11,14H2. The normalized spacial score (nSPS) is 15.1. The topological polar surface area (TPSA) is 78.1 Å². The van der Waals surface area contributed by atoms with Crippen molar-refractivity contribution < 1.29 is 0 Å². The van der Waals surface area contributed by atoms with Gasteiger partial charge in [-0.05, 0) is 18.2 Å². The SMILES string of the molecule is N#Cc1cccnc1N1CCN(Cn2ncc3ccccc3c2=O)CC1. The van der Waals surface area contributed by atoms with Gasteiger partial charge >= 0.3 is 0 Å². The minimum atomic E-state index is -0.0676. The molecule has 3 heterocycles. The van der Waals surface area contributed by atoms with Crippen LogP contribution in [0.15, 0.2) is 53.6 Å². The minimum absolute atomic E-state index is 0.0676. The first kappa shape index (κ1) is 16.2. The molecular formula is C19H18N6O. The molecule has 1 aliphatic rings. The average molecular weight is 346 g/mol. The fourth-order valence-electron chi connectivity index (χ4n) is 3.26. The Hall–Kier alpha value is -3.24. The Bertz CT molecular complexity index is 1030. The minimum Gasteiger partial charge on any atom is -0.353 e. The molecule has 0 saturated carbocycles. The van der Waals surface area contributed by atoms with E-state index in [4.69, 9.17) is 0 Å². The lowest BCUT2D eigenvalue weighted by Gasteiger charge is -2.35. The number of nitriles is 1. The number of anilines is 1. The van der Waals surface area contributed by atoms with Crippen LogP contribution in [0.1, 0.15) is 5.56 Å². The molecule has 0 amide bonds. The highest BCUT2D eigenvalue weighted by molar-refractivity contribution is 5.80. The predicted octanol–water partition coefficient (Wildman–Crippen LogP) is 1.44. The van der Waals surface area contributed by atoms with Crippen molar-refractivity contribution >= 4 is 16.6 Å². The molecule has 0 N–H and O–H groups in total. The zero-order valence-electron chi connectivity index (χ0n) is 14.2. The van der Waals surface area contributed by atoms with Crippen molar-refractivity contribution in [1.29, 1.82) is 5.26 Å². The molecule has 0 atom stereocenters. The summed E-state index contributed by atoms with van der Waals surface area (Å²) in [5.41, 5.74) is 0.524. The smallest absolute Gasteiger partial charge is 0.275 e. The fourth-order valence-corrected chi connectivity index (χ4v) is 3.26. The Morgan fingerprint density at radius 3 is 2.69 bits per heavy atom. The van der Waals surface area contributed by atoms with Gasteiger partial charge in [-0.15, -0.1) is 0 Å². The number of nitrogens with zero attached hydrogens (tertiary/aromatic N) is 6. The van der Waals surface area contributed by atoms with Crippen LogP contribution in [-0.4, -0.2) is 45.8 Å². The molecule has 3 aromatic rings. The summed E-state index contributed by atoms with van der Waals surface area (Å²) in [7, 11) is 0. The number of hydrogen-bond acceptors (Lipinski definition) is 6. The highest BCUT2D eigenvalue weighted by Gasteiger charge is 2.20. The lowest BCUT2D eigenvalue weighted by atomic mass is 10.2. The second-order valence-electron chi connectivity index (χ2n) is 6.27. The van der Waals surface area contributed by atoms with Crippen LogP contribution < -0.4 is 10.5 Å². The third-order valence-electron chi connectivity index (χ3n) is 4.67. The van der Waals surface area contributed by atoms with Gasteiger partial charge in [0.15, 0.2) is 0 Å². The van der Waals surface area contributed by atoms with Crippen LogP contribution in [0, 0.1) is 11.3 Å². The maximum absolute atomic E-state index is 12.6. The van der Waals surface area contributed by atoms with Crippen molar-refractivity contribution in [1.82, 2.24) is 19.7 Å². The number of rotatable bonds is 3. The number of fused-ring (bicyclic) bond motifs is 1. The highest BCUT2D eigenvalue weighted by Crippen LogP contribution is 2.18. The first-order chi connectivity index (χ1) is 12.8. The molecule has 0 spiro atoms.